The van der Waals surface area contributed by atoms with E-state index in [0.29, 0.717) is 23.2 Å². The minimum absolute atomic E-state index is 0.101. The van der Waals surface area contributed by atoms with Crippen molar-refractivity contribution in [2.45, 2.75) is 51.5 Å². The van der Waals surface area contributed by atoms with Crippen molar-refractivity contribution in [2.75, 3.05) is 18.4 Å². The topological polar surface area (TPSA) is 69.6 Å². The Morgan fingerprint density at radius 2 is 2.14 bits per heavy atom. The number of fused-ring (bicyclic) bond motifs is 1. The van der Waals surface area contributed by atoms with E-state index in [0.717, 1.165) is 49.1 Å². The molecule has 1 amide bonds. The number of hydrogen-bond donors (Lipinski definition) is 2. The van der Waals surface area contributed by atoms with Crippen LogP contribution in [0, 0.1) is 0 Å². The maximum Gasteiger partial charge on any atom is 0.339 e. The first-order valence-corrected chi connectivity index (χ1v) is 8.79. The summed E-state index contributed by atoms with van der Waals surface area (Å²) in [6, 6.07) is 0.423. The minimum Gasteiger partial charge on any atom is -0.478 e. The van der Waals surface area contributed by atoms with E-state index in [4.69, 9.17) is 0 Å². The van der Waals surface area contributed by atoms with Crippen molar-refractivity contribution in [1.82, 2.24) is 4.90 Å². The lowest BCUT2D eigenvalue weighted by Gasteiger charge is -2.32. The monoisotopic (exact) mass is 322 g/mol. The number of likely N-dealkylation sites (tertiary alicyclic amines) is 1. The number of carboxylic acids is 1. The third kappa shape index (κ3) is 3.03. The minimum atomic E-state index is -0.930. The summed E-state index contributed by atoms with van der Waals surface area (Å²) < 4.78 is 0. The van der Waals surface area contributed by atoms with Crippen molar-refractivity contribution in [3.8, 4) is 0 Å². The zero-order valence-electron chi connectivity index (χ0n) is 12.9. The number of rotatable bonds is 4. The molecule has 1 aromatic heterocycles. The van der Waals surface area contributed by atoms with Gasteiger partial charge in [0.05, 0.1) is 12.1 Å². The first-order chi connectivity index (χ1) is 10.6. The molecule has 1 atom stereocenters. The van der Waals surface area contributed by atoms with E-state index < -0.39 is 5.97 Å². The number of piperidine rings is 1. The lowest BCUT2D eigenvalue weighted by Crippen LogP contribution is -2.42. The van der Waals surface area contributed by atoms with Gasteiger partial charge in [-0.3, -0.25) is 9.69 Å². The van der Waals surface area contributed by atoms with E-state index in [1.165, 1.54) is 17.8 Å². The number of hydrogen-bond acceptors (Lipinski definition) is 4. The van der Waals surface area contributed by atoms with E-state index in [1.807, 2.05) is 0 Å². The molecule has 120 valence electrons. The van der Waals surface area contributed by atoms with Gasteiger partial charge in [0, 0.05) is 10.9 Å². The Hall–Kier alpha value is -1.40. The highest BCUT2D eigenvalue weighted by Gasteiger charge is 2.28. The lowest BCUT2D eigenvalue weighted by atomic mass is 10.0. The highest BCUT2D eigenvalue weighted by atomic mass is 32.1. The molecule has 0 spiro atoms. The zero-order chi connectivity index (χ0) is 15.7. The predicted octanol–water partition coefficient (Wildman–Crippen LogP) is 2.75. The number of carbonyl (C=O) groups excluding carboxylic acids is 1. The summed E-state index contributed by atoms with van der Waals surface area (Å²) in [6.45, 7) is 3.44. The molecule has 0 bridgehead atoms. The summed E-state index contributed by atoms with van der Waals surface area (Å²) in [5.41, 5.74) is 1.25. The van der Waals surface area contributed by atoms with Gasteiger partial charge >= 0.3 is 5.97 Å². The van der Waals surface area contributed by atoms with Crippen molar-refractivity contribution < 1.29 is 14.7 Å². The Morgan fingerprint density at radius 1 is 1.32 bits per heavy atom. The summed E-state index contributed by atoms with van der Waals surface area (Å²) in [6.07, 6.45) is 6.24. The number of aromatic carboxylic acids is 1. The fourth-order valence-corrected chi connectivity index (χ4v) is 4.76. The summed E-state index contributed by atoms with van der Waals surface area (Å²) in [4.78, 5) is 27.1. The average Bonchev–Trinajstić information content (AvgIpc) is 3.01. The Balaban J connectivity index is 1.70. The van der Waals surface area contributed by atoms with Crippen LogP contribution in [0.3, 0.4) is 0 Å². The number of anilines is 1. The van der Waals surface area contributed by atoms with Crippen molar-refractivity contribution in [3.63, 3.8) is 0 Å². The molecule has 0 radical (unpaired) electrons. The van der Waals surface area contributed by atoms with Gasteiger partial charge in [-0.05, 0) is 51.1 Å². The fourth-order valence-electron chi connectivity index (χ4n) is 3.46. The second kappa shape index (κ2) is 6.38. The van der Waals surface area contributed by atoms with E-state index in [1.54, 1.807) is 0 Å². The van der Waals surface area contributed by atoms with Gasteiger partial charge in [-0.1, -0.05) is 6.42 Å². The highest BCUT2D eigenvalue weighted by molar-refractivity contribution is 7.17. The maximum atomic E-state index is 12.3. The Labute approximate surface area is 134 Å². The summed E-state index contributed by atoms with van der Waals surface area (Å²) in [5, 5.41) is 12.8. The third-order valence-electron chi connectivity index (χ3n) is 4.68. The third-order valence-corrected chi connectivity index (χ3v) is 5.88. The van der Waals surface area contributed by atoms with E-state index in [9.17, 15) is 14.7 Å². The molecule has 2 N–H and O–H groups in total. The van der Waals surface area contributed by atoms with Gasteiger partial charge in [-0.25, -0.2) is 4.79 Å². The van der Waals surface area contributed by atoms with Crippen LogP contribution in [-0.4, -0.2) is 41.0 Å². The first kappa shape index (κ1) is 15.5. The van der Waals surface area contributed by atoms with Crippen molar-refractivity contribution in [1.29, 1.82) is 0 Å². The van der Waals surface area contributed by atoms with Crippen molar-refractivity contribution in [3.05, 3.63) is 16.0 Å². The number of nitrogens with one attached hydrogen (secondary N) is 1. The summed E-state index contributed by atoms with van der Waals surface area (Å²) >= 11 is 1.44. The van der Waals surface area contributed by atoms with Gasteiger partial charge in [-0.15, -0.1) is 11.3 Å². The molecule has 1 fully saturated rings. The molecule has 0 saturated carbocycles. The van der Waals surface area contributed by atoms with Crippen LogP contribution in [0.2, 0.25) is 0 Å². The predicted molar refractivity (Wildman–Crippen MR) is 86.8 cm³/mol. The maximum absolute atomic E-state index is 12.3. The molecule has 2 aliphatic rings. The molecular formula is C16H22N2O3S. The van der Waals surface area contributed by atoms with Gasteiger partial charge in [0.1, 0.15) is 5.00 Å². The summed E-state index contributed by atoms with van der Waals surface area (Å²) in [5.74, 6) is -1.03. The molecule has 2 heterocycles. The zero-order valence-corrected chi connectivity index (χ0v) is 13.7. The molecule has 1 saturated heterocycles. The number of carbonyl (C=O) groups is 2. The Bertz CT molecular complexity index is 596. The quantitative estimate of drug-likeness (QED) is 0.894. The van der Waals surface area contributed by atoms with Gasteiger partial charge < -0.3 is 10.4 Å². The van der Waals surface area contributed by atoms with Gasteiger partial charge in [-0.2, -0.15) is 0 Å². The Morgan fingerprint density at radius 3 is 2.86 bits per heavy atom. The van der Waals surface area contributed by atoms with Crippen LogP contribution >= 0.6 is 11.3 Å². The molecule has 0 aromatic carbocycles. The van der Waals surface area contributed by atoms with Gasteiger partial charge in [0.2, 0.25) is 5.91 Å². The SMILES string of the molecule is CC1CCCCN1CC(=O)Nc1sc2c(c1C(=O)O)CCC2. The fraction of sp³-hybridized carbons (Fsp3) is 0.625. The van der Waals surface area contributed by atoms with Crippen LogP contribution in [0.25, 0.3) is 0 Å². The summed E-state index contributed by atoms with van der Waals surface area (Å²) in [7, 11) is 0. The first-order valence-electron chi connectivity index (χ1n) is 7.98. The van der Waals surface area contributed by atoms with Crippen LogP contribution in [0.4, 0.5) is 5.00 Å². The second-order valence-corrected chi connectivity index (χ2v) is 7.34. The molecule has 1 aliphatic carbocycles. The standard InChI is InChI=1S/C16H22N2O3S/c1-10-5-2-3-8-18(10)9-13(19)17-15-14(16(20)21)11-6-4-7-12(11)22-15/h10H,2-9H2,1H3,(H,17,19)(H,20,21). The molecule has 6 heteroatoms. The van der Waals surface area contributed by atoms with Crippen LogP contribution < -0.4 is 5.32 Å². The van der Waals surface area contributed by atoms with Crippen LogP contribution in [0.5, 0.6) is 0 Å². The number of amides is 1. The van der Waals surface area contributed by atoms with Crippen LogP contribution in [-0.2, 0) is 17.6 Å². The number of carboxylic acid groups (broad SMARTS) is 1. The molecule has 22 heavy (non-hydrogen) atoms. The normalized spacial score (nSPS) is 21.6. The number of nitrogens with zero attached hydrogens (tertiary/aromatic N) is 1. The van der Waals surface area contributed by atoms with Crippen molar-refractivity contribution in [2.24, 2.45) is 0 Å². The molecule has 1 aliphatic heterocycles. The number of aryl methyl sites for hydroxylation is 1. The van der Waals surface area contributed by atoms with E-state index in [-0.39, 0.29) is 5.91 Å². The lowest BCUT2D eigenvalue weighted by molar-refractivity contribution is -0.118. The molecule has 5 nitrogen and oxygen atoms in total. The highest BCUT2D eigenvalue weighted by Crippen LogP contribution is 2.39. The number of thiophene rings is 1. The average molecular weight is 322 g/mol. The van der Waals surface area contributed by atoms with E-state index >= 15 is 0 Å². The molecule has 1 unspecified atom stereocenters. The largest absolute Gasteiger partial charge is 0.478 e. The smallest absolute Gasteiger partial charge is 0.339 e. The second-order valence-electron chi connectivity index (χ2n) is 6.23. The molecule has 1 aromatic rings. The van der Waals surface area contributed by atoms with Crippen LogP contribution in [0.15, 0.2) is 0 Å². The van der Waals surface area contributed by atoms with Gasteiger partial charge in [0.15, 0.2) is 0 Å². The molecular weight excluding hydrogens is 300 g/mol. The van der Waals surface area contributed by atoms with Crippen LogP contribution in [0.1, 0.15) is 53.4 Å². The molecule has 3 rings (SSSR count). The van der Waals surface area contributed by atoms with Crippen molar-refractivity contribution >= 4 is 28.2 Å². The Kier molecular flexibility index (Phi) is 4.49. The van der Waals surface area contributed by atoms with Gasteiger partial charge in [0.25, 0.3) is 0 Å². The van der Waals surface area contributed by atoms with E-state index in [2.05, 4.69) is 17.1 Å².